The summed E-state index contributed by atoms with van der Waals surface area (Å²) in [5.41, 5.74) is 4.13. The first kappa shape index (κ1) is 13.8. The summed E-state index contributed by atoms with van der Waals surface area (Å²) in [6.07, 6.45) is 0. The van der Waals surface area contributed by atoms with Gasteiger partial charge in [0, 0.05) is 29.3 Å². The maximum Gasteiger partial charge on any atom is 0.123 e. The summed E-state index contributed by atoms with van der Waals surface area (Å²) >= 11 is 1.80. The lowest BCUT2D eigenvalue weighted by Gasteiger charge is -2.33. The summed E-state index contributed by atoms with van der Waals surface area (Å²) in [5.74, 6) is 1.42. The van der Waals surface area contributed by atoms with Gasteiger partial charge in [-0.2, -0.15) is 0 Å². The van der Waals surface area contributed by atoms with Crippen LogP contribution in [0.25, 0.3) is 10.1 Å². The van der Waals surface area contributed by atoms with Crippen molar-refractivity contribution in [2.45, 2.75) is 12.5 Å². The zero-order valence-electron chi connectivity index (χ0n) is 12.9. The lowest BCUT2D eigenvalue weighted by atomic mass is 9.84. The van der Waals surface area contributed by atoms with E-state index in [1.807, 2.05) is 0 Å². The van der Waals surface area contributed by atoms with Crippen molar-refractivity contribution in [3.8, 4) is 5.75 Å². The fourth-order valence-corrected chi connectivity index (χ4v) is 4.27. The molecule has 1 unspecified atom stereocenters. The number of likely N-dealkylation sites (N-methyl/N-ethyl adjacent to an activating group) is 1. The average Bonchev–Trinajstić information content (AvgIpc) is 3.01. The van der Waals surface area contributed by atoms with Crippen molar-refractivity contribution in [3.05, 3.63) is 64.5 Å². The third kappa shape index (κ3) is 2.21. The number of methoxy groups -OCH3 is 1. The van der Waals surface area contributed by atoms with Crippen LogP contribution in [0.4, 0.5) is 0 Å². The minimum atomic E-state index is 0.410. The van der Waals surface area contributed by atoms with E-state index >= 15 is 0 Å². The van der Waals surface area contributed by atoms with Gasteiger partial charge in [-0.25, -0.2) is 0 Å². The van der Waals surface area contributed by atoms with Gasteiger partial charge in [0.1, 0.15) is 5.75 Å². The Hall–Kier alpha value is -1.84. The minimum Gasteiger partial charge on any atom is -0.496 e. The molecule has 0 aliphatic carbocycles. The smallest absolute Gasteiger partial charge is 0.123 e. The van der Waals surface area contributed by atoms with Crippen LogP contribution in [0, 0.1) is 0 Å². The number of ether oxygens (including phenoxy) is 1. The Labute approximate surface area is 135 Å². The molecule has 0 radical (unpaired) electrons. The Morgan fingerprint density at radius 2 is 2.09 bits per heavy atom. The number of fused-ring (bicyclic) bond motifs is 2. The van der Waals surface area contributed by atoms with Crippen molar-refractivity contribution in [2.24, 2.45) is 0 Å². The molecule has 2 nitrogen and oxygen atoms in total. The minimum absolute atomic E-state index is 0.410. The Morgan fingerprint density at radius 1 is 1.18 bits per heavy atom. The van der Waals surface area contributed by atoms with Crippen molar-refractivity contribution in [1.29, 1.82) is 0 Å². The first-order valence-corrected chi connectivity index (χ1v) is 8.45. The monoisotopic (exact) mass is 309 g/mol. The van der Waals surface area contributed by atoms with E-state index in [1.165, 1.54) is 26.8 Å². The van der Waals surface area contributed by atoms with Crippen LogP contribution in [0.3, 0.4) is 0 Å². The summed E-state index contributed by atoms with van der Waals surface area (Å²) in [7, 11) is 3.95. The van der Waals surface area contributed by atoms with Crippen LogP contribution in [0.2, 0.25) is 0 Å². The van der Waals surface area contributed by atoms with Crippen LogP contribution in [0.5, 0.6) is 5.75 Å². The molecule has 0 bridgehead atoms. The quantitative estimate of drug-likeness (QED) is 0.691. The summed E-state index contributed by atoms with van der Waals surface area (Å²) in [6, 6.07) is 15.5. The van der Waals surface area contributed by atoms with E-state index in [9.17, 15) is 0 Å². The molecule has 0 amide bonds. The molecule has 2 heterocycles. The molecule has 0 saturated carbocycles. The van der Waals surface area contributed by atoms with E-state index in [-0.39, 0.29) is 0 Å². The zero-order valence-corrected chi connectivity index (χ0v) is 13.7. The molecule has 1 atom stereocenters. The number of benzene rings is 2. The molecular weight excluding hydrogens is 290 g/mol. The maximum absolute atomic E-state index is 5.58. The molecule has 0 spiro atoms. The molecule has 3 aromatic rings. The van der Waals surface area contributed by atoms with Gasteiger partial charge in [0.15, 0.2) is 0 Å². The molecular formula is C19H19NOS. The predicted molar refractivity (Wildman–Crippen MR) is 93.0 cm³/mol. The highest BCUT2D eigenvalue weighted by Crippen LogP contribution is 2.38. The predicted octanol–water partition coefficient (Wildman–Crippen LogP) is 4.49. The van der Waals surface area contributed by atoms with E-state index in [2.05, 4.69) is 59.8 Å². The van der Waals surface area contributed by atoms with Crippen molar-refractivity contribution < 1.29 is 4.74 Å². The van der Waals surface area contributed by atoms with E-state index < -0.39 is 0 Å². The largest absolute Gasteiger partial charge is 0.496 e. The van der Waals surface area contributed by atoms with Gasteiger partial charge < -0.3 is 9.64 Å². The number of hydrogen-bond acceptors (Lipinski definition) is 3. The van der Waals surface area contributed by atoms with Crippen LogP contribution in [0.1, 0.15) is 22.6 Å². The van der Waals surface area contributed by atoms with E-state index in [1.54, 1.807) is 18.4 Å². The van der Waals surface area contributed by atoms with Crippen molar-refractivity contribution >= 4 is 21.4 Å². The number of rotatable bonds is 2. The number of thiophene rings is 1. The van der Waals surface area contributed by atoms with E-state index in [0.29, 0.717) is 5.92 Å². The zero-order chi connectivity index (χ0) is 15.1. The molecule has 0 saturated heterocycles. The maximum atomic E-state index is 5.58. The van der Waals surface area contributed by atoms with Crippen molar-refractivity contribution in [3.63, 3.8) is 0 Å². The number of hydrogen-bond donors (Lipinski definition) is 0. The first-order valence-electron chi connectivity index (χ1n) is 7.58. The lowest BCUT2D eigenvalue weighted by Crippen LogP contribution is -2.31. The number of nitrogens with zero attached hydrogens (tertiary/aromatic N) is 1. The fraction of sp³-hybridized carbons (Fsp3) is 0.263. The molecule has 2 aromatic carbocycles. The second-order valence-electron chi connectivity index (χ2n) is 6.00. The molecule has 112 valence electrons. The third-order valence-electron chi connectivity index (χ3n) is 4.57. The van der Waals surface area contributed by atoms with Crippen LogP contribution < -0.4 is 4.74 Å². The lowest BCUT2D eigenvalue weighted by molar-refractivity contribution is 0.286. The third-order valence-corrected chi connectivity index (χ3v) is 5.46. The Balaban J connectivity index is 1.85. The van der Waals surface area contributed by atoms with Crippen LogP contribution >= 0.6 is 11.3 Å². The van der Waals surface area contributed by atoms with Gasteiger partial charge in [-0.1, -0.05) is 18.2 Å². The van der Waals surface area contributed by atoms with Crippen molar-refractivity contribution in [2.75, 3.05) is 20.7 Å². The molecule has 22 heavy (non-hydrogen) atoms. The van der Waals surface area contributed by atoms with Gasteiger partial charge in [-0.05, 0) is 53.2 Å². The second-order valence-corrected chi connectivity index (χ2v) is 6.94. The SMILES string of the molecule is COc1cccc2c1CN(C)CC2c1ccc2sccc2c1. The topological polar surface area (TPSA) is 12.5 Å². The van der Waals surface area contributed by atoms with Crippen molar-refractivity contribution in [1.82, 2.24) is 4.90 Å². The molecule has 1 aromatic heterocycles. The Morgan fingerprint density at radius 3 is 2.95 bits per heavy atom. The molecule has 1 aliphatic heterocycles. The highest BCUT2D eigenvalue weighted by Gasteiger charge is 2.27. The van der Waals surface area contributed by atoms with Gasteiger partial charge in [0.25, 0.3) is 0 Å². The van der Waals surface area contributed by atoms with Crippen LogP contribution in [-0.4, -0.2) is 25.6 Å². The molecule has 3 heteroatoms. The van der Waals surface area contributed by atoms with Crippen LogP contribution in [-0.2, 0) is 6.54 Å². The molecule has 4 rings (SSSR count). The second kappa shape index (κ2) is 5.41. The molecule has 0 N–H and O–H groups in total. The first-order chi connectivity index (χ1) is 10.8. The van der Waals surface area contributed by atoms with Gasteiger partial charge in [0.2, 0.25) is 0 Å². The van der Waals surface area contributed by atoms with Crippen LogP contribution in [0.15, 0.2) is 47.8 Å². The van der Waals surface area contributed by atoms with Gasteiger partial charge in [0.05, 0.1) is 7.11 Å². The molecule has 0 fully saturated rings. The average molecular weight is 309 g/mol. The summed E-state index contributed by atoms with van der Waals surface area (Å²) < 4.78 is 6.94. The van der Waals surface area contributed by atoms with Gasteiger partial charge in [-0.3, -0.25) is 0 Å². The Kier molecular flexibility index (Phi) is 3.40. The summed E-state index contributed by atoms with van der Waals surface area (Å²) in [5, 5.41) is 3.51. The van der Waals surface area contributed by atoms with Gasteiger partial charge in [-0.15, -0.1) is 11.3 Å². The summed E-state index contributed by atoms with van der Waals surface area (Å²) in [4.78, 5) is 2.38. The standard InChI is InChI=1S/C19H19NOS/c1-20-11-16(13-6-7-19-14(10-13)8-9-22-19)15-4-3-5-18(21-2)17(15)12-20/h3-10,16H,11-12H2,1-2H3. The highest BCUT2D eigenvalue weighted by molar-refractivity contribution is 7.17. The van der Waals surface area contributed by atoms with Gasteiger partial charge >= 0.3 is 0 Å². The Bertz CT molecular complexity index is 823. The van der Waals surface area contributed by atoms with E-state index in [4.69, 9.17) is 4.74 Å². The highest BCUT2D eigenvalue weighted by atomic mass is 32.1. The fourth-order valence-electron chi connectivity index (χ4n) is 3.50. The molecule has 1 aliphatic rings. The van der Waals surface area contributed by atoms with E-state index in [0.717, 1.165) is 18.8 Å². The summed E-state index contributed by atoms with van der Waals surface area (Å²) in [6.45, 7) is 2.01. The normalized spacial score (nSPS) is 18.4.